The van der Waals surface area contributed by atoms with Crippen LogP contribution >= 0.6 is 11.6 Å². The van der Waals surface area contributed by atoms with Gasteiger partial charge in [-0.25, -0.2) is 8.42 Å². The standard InChI is InChI=1S/C24H31ClN2O2S/c1-4-27(30(28,29)23-16-17(2)21(25)15-18(23)3)13-6-12-26-14-11-20-8-5-7-19-9-10-22(26)24(19)20/h5,7-8,15-16,22H,4,6,9-14H2,1-3H3. The van der Waals surface area contributed by atoms with E-state index in [9.17, 15) is 8.42 Å². The normalized spacial score (nSPS) is 18.8. The molecule has 4 nitrogen and oxygen atoms in total. The van der Waals surface area contributed by atoms with Gasteiger partial charge in [0.1, 0.15) is 0 Å². The molecule has 1 heterocycles. The summed E-state index contributed by atoms with van der Waals surface area (Å²) in [5.41, 5.74) is 6.07. The number of nitrogens with zero attached hydrogens (tertiary/aromatic N) is 2. The smallest absolute Gasteiger partial charge is 0.243 e. The lowest BCUT2D eigenvalue weighted by Crippen LogP contribution is -2.38. The van der Waals surface area contributed by atoms with Crippen LogP contribution in [0.1, 0.15) is 53.6 Å². The van der Waals surface area contributed by atoms with Crippen LogP contribution in [0.25, 0.3) is 0 Å². The van der Waals surface area contributed by atoms with Gasteiger partial charge in [-0.2, -0.15) is 4.31 Å². The quantitative estimate of drug-likeness (QED) is 0.607. The lowest BCUT2D eigenvalue weighted by Gasteiger charge is -2.35. The van der Waals surface area contributed by atoms with Gasteiger partial charge in [-0.1, -0.05) is 36.7 Å². The molecule has 1 atom stereocenters. The van der Waals surface area contributed by atoms with Crippen molar-refractivity contribution in [1.82, 2.24) is 9.21 Å². The molecule has 0 radical (unpaired) electrons. The van der Waals surface area contributed by atoms with Crippen LogP contribution in [0.5, 0.6) is 0 Å². The fourth-order valence-corrected chi connectivity index (χ4v) is 7.09. The largest absolute Gasteiger partial charge is 0.296 e. The van der Waals surface area contributed by atoms with E-state index in [-0.39, 0.29) is 0 Å². The fourth-order valence-electron chi connectivity index (χ4n) is 5.09. The van der Waals surface area contributed by atoms with Gasteiger partial charge in [-0.05, 0) is 79.5 Å². The highest BCUT2D eigenvalue weighted by Crippen LogP contribution is 2.41. The van der Waals surface area contributed by atoms with E-state index in [1.807, 2.05) is 20.8 Å². The molecule has 0 N–H and O–H groups in total. The molecule has 0 aromatic heterocycles. The van der Waals surface area contributed by atoms with Crippen molar-refractivity contribution in [3.63, 3.8) is 0 Å². The van der Waals surface area contributed by atoms with E-state index in [2.05, 4.69) is 23.1 Å². The molecule has 2 aromatic carbocycles. The average molecular weight is 447 g/mol. The zero-order chi connectivity index (χ0) is 21.5. The Bertz CT molecular complexity index is 1050. The van der Waals surface area contributed by atoms with Gasteiger partial charge >= 0.3 is 0 Å². The van der Waals surface area contributed by atoms with E-state index in [1.54, 1.807) is 22.0 Å². The summed E-state index contributed by atoms with van der Waals surface area (Å²) in [4.78, 5) is 2.94. The molecule has 0 spiro atoms. The monoisotopic (exact) mass is 446 g/mol. The topological polar surface area (TPSA) is 40.6 Å². The van der Waals surface area contributed by atoms with Crippen molar-refractivity contribution in [2.45, 2.75) is 57.4 Å². The lowest BCUT2D eigenvalue weighted by molar-refractivity contribution is 0.179. The van der Waals surface area contributed by atoms with Crippen LogP contribution in [0, 0.1) is 13.8 Å². The average Bonchev–Trinajstić information content (AvgIpc) is 3.15. The molecule has 0 fully saturated rings. The van der Waals surface area contributed by atoms with Crippen LogP contribution < -0.4 is 0 Å². The highest BCUT2D eigenvalue weighted by atomic mass is 35.5. The summed E-state index contributed by atoms with van der Waals surface area (Å²) in [6.45, 7) is 8.59. The molecular weight excluding hydrogens is 416 g/mol. The zero-order valence-electron chi connectivity index (χ0n) is 18.1. The Morgan fingerprint density at radius 3 is 2.60 bits per heavy atom. The van der Waals surface area contributed by atoms with E-state index in [1.165, 1.54) is 17.5 Å². The van der Waals surface area contributed by atoms with Crippen LogP contribution in [-0.2, 0) is 22.9 Å². The first-order valence-electron chi connectivity index (χ1n) is 10.9. The molecule has 4 rings (SSSR count). The van der Waals surface area contributed by atoms with Crippen LogP contribution in [0.15, 0.2) is 35.2 Å². The molecule has 0 saturated heterocycles. The molecule has 6 heteroatoms. The number of halogens is 1. The number of rotatable bonds is 7. The third-order valence-corrected chi connectivity index (χ3v) is 9.22. The van der Waals surface area contributed by atoms with E-state index in [0.29, 0.717) is 34.6 Å². The summed E-state index contributed by atoms with van der Waals surface area (Å²) < 4.78 is 28.2. The van der Waals surface area contributed by atoms with E-state index in [4.69, 9.17) is 11.6 Å². The Balaban J connectivity index is 1.44. The van der Waals surface area contributed by atoms with Gasteiger partial charge in [-0.15, -0.1) is 0 Å². The number of sulfonamides is 1. The summed E-state index contributed by atoms with van der Waals surface area (Å²) in [5.74, 6) is 0. The minimum atomic E-state index is -3.53. The van der Waals surface area contributed by atoms with E-state index < -0.39 is 10.0 Å². The molecule has 2 aliphatic rings. The summed E-state index contributed by atoms with van der Waals surface area (Å²) in [6, 6.07) is 10.7. The molecule has 1 aliphatic heterocycles. The summed E-state index contributed by atoms with van der Waals surface area (Å²) in [7, 11) is -3.53. The van der Waals surface area contributed by atoms with Crippen molar-refractivity contribution in [3.8, 4) is 0 Å². The Hall–Kier alpha value is -1.40. The van der Waals surface area contributed by atoms with Crippen LogP contribution in [0.4, 0.5) is 0 Å². The van der Waals surface area contributed by atoms with Gasteiger partial charge < -0.3 is 0 Å². The van der Waals surface area contributed by atoms with Gasteiger partial charge in [0.2, 0.25) is 10.0 Å². The summed E-state index contributed by atoms with van der Waals surface area (Å²) in [6.07, 6.45) is 4.28. The molecule has 2 aromatic rings. The highest BCUT2D eigenvalue weighted by Gasteiger charge is 2.33. The Morgan fingerprint density at radius 2 is 1.87 bits per heavy atom. The third kappa shape index (κ3) is 3.93. The maximum atomic E-state index is 13.3. The maximum Gasteiger partial charge on any atom is 0.243 e. The molecule has 30 heavy (non-hydrogen) atoms. The van der Waals surface area contributed by atoms with Gasteiger partial charge in [0.25, 0.3) is 0 Å². The highest BCUT2D eigenvalue weighted by molar-refractivity contribution is 7.89. The second kappa shape index (κ2) is 8.62. The van der Waals surface area contributed by atoms with Gasteiger partial charge in [0.05, 0.1) is 4.90 Å². The molecule has 1 unspecified atom stereocenters. The number of hydrogen-bond donors (Lipinski definition) is 0. The van der Waals surface area contributed by atoms with Crippen molar-refractivity contribution in [2.24, 2.45) is 0 Å². The lowest BCUT2D eigenvalue weighted by atomic mass is 9.93. The van der Waals surface area contributed by atoms with Crippen LogP contribution in [0.2, 0.25) is 5.02 Å². The van der Waals surface area contributed by atoms with Gasteiger partial charge in [0, 0.05) is 37.2 Å². The Morgan fingerprint density at radius 1 is 1.13 bits per heavy atom. The molecule has 0 bridgehead atoms. The first kappa shape index (κ1) is 21.8. The first-order chi connectivity index (χ1) is 14.3. The minimum absolute atomic E-state index is 0.374. The van der Waals surface area contributed by atoms with Crippen molar-refractivity contribution in [2.75, 3.05) is 26.2 Å². The van der Waals surface area contributed by atoms with Crippen molar-refractivity contribution < 1.29 is 8.42 Å². The predicted octanol–water partition coefficient (Wildman–Crippen LogP) is 4.90. The maximum absolute atomic E-state index is 13.3. The van der Waals surface area contributed by atoms with Crippen LogP contribution in [0.3, 0.4) is 0 Å². The molecule has 0 saturated carbocycles. The number of benzene rings is 2. The van der Waals surface area contributed by atoms with Crippen molar-refractivity contribution in [1.29, 1.82) is 0 Å². The number of hydrogen-bond acceptors (Lipinski definition) is 3. The van der Waals surface area contributed by atoms with Crippen molar-refractivity contribution >= 4 is 21.6 Å². The molecule has 0 amide bonds. The van der Waals surface area contributed by atoms with Crippen LogP contribution in [-0.4, -0.2) is 43.8 Å². The van der Waals surface area contributed by atoms with Gasteiger partial charge in [-0.3, -0.25) is 4.90 Å². The predicted molar refractivity (Wildman–Crippen MR) is 123 cm³/mol. The molecule has 162 valence electrons. The summed E-state index contributed by atoms with van der Waals surface area (Å²) >= 11 is 6.17. The molecular formula is C24H31ClN2O2S. The van der Waals surface area contributed by atoms with Gasteiger partial charge in [0.15, 0.2) is 0 Å². The summed E-state index contributed by atoms with van der Waals surface area (Å²) in [5, 5.41) is 0.607. The Labute approximate surface area is 185 Å². The third-order valence-electron chi connectivity index (χ3n) is 6.70. The fraction of sp³-hybridized carbons (Fsp3) is 0.500. The number of aryl methyl sites for hydroxylation is 3. The van der Waals surface area contributed by atoms with E-state index >= 15 is 0 Å². The Kier molecular flexibility index (Phi) is 6.27. The van der Waals surface area contributed by atoms with Crippen molar-refractivity contribution in [3.05, 3.63) is 63.2 Å². The SMILES string of the molecule is CCN(CCCN1CCc2cccc3c2C1CC3)S(=O)(=O)c1cc(C)c(Cl)cc1C. The second-order valence-electron chi connectivity index (χ2n) is 8.55. The molecule has 1 aliphatic carbocycles. The second-order valence-corrected chi connectivity index (χ2v) is 10.9. The minimum Gasteiger partial charge on any atom is -0.296 e. The zero-order valence-corrected chi connectivity index (χ0v) is 19.7. The van der Waals surface area contributed by atoms with E-state index in [0.717, 1.165) is 37.9 Å². The first-order valence-corrected chi connectivity index (χ1v) is 12.8.